The van der Waals surface area contributed by atoms with Crippen molar-refractivity contribution in [3.05, 3.63) is 32.2 Å². The van der Waals surface area contributed by atoms with E-state index in [9.17, 15) is 15.0 Å². The molecule has 0 rings (SSSR count). The largest absolute Gasteiger partial charge is 0.481 e. The maximum atomic E-state index is 10.3. The van der Waals surface area contributed by atoms with E-state index in [4.69, 9.17) is 5.11 Å². The number of aliphatic hydroxyl groups is 2. The Bertz CT molecular complexity index is 511. The first kappa shape index (κ1) is 22.6. The first-order chi connectivity index (χ1) is 10.8. The molecule has 0 fully saturated rings. The van der Waals surface area contributed by atoms with Crippen molar-refractivity contribution in [3.8, 4) is 11.8 Å². The highest BCUT2D eigenvalue weighted by Crippen LogP contribution is 2.20. The summed E-state index contributed by atoms with van der Waals surface area (Å²) < 4.78 is 1.67. The van der Waals surface area contributed by atoms with Crippen LogP contribution in [0.15, 0.2) is 32.2 Å². The van der Waals surface area contributed by atoms with Gasteiger partial charge >= 0.3 is 5.97 Å². The zero-order valence-corrected chi connectivity index (χ0v) is 17.1. The highest BCUT2D eigenvalue weighted by atomic mass is 79.9. The first-order valence-electron chi connectivity index (χ1n) is 6.94. The average molecular weight is 515 g/mol. The number of unbranched alkanes of at least 4 members (excludes halogenated alkanes) is 1. The van der Waals surface area contributed by atoms with E-state index in [-0.39, 0.29) is 6.42 Å². The molecule has 0 bridgehead atoms. The molecule has 23 heavy (non-hydrogen) atoms. The molecule has 7 heteroatoms. The maximum absolute atomic E-state index is 10.3. The number of carboxylic acid groups (broad SMARTS) is 1. The van der Waals surface area contributed by atoms with E-state index >= 15 is 0 Å². The second-order valence-corrected chi connectivity index (χ2v) is 8.27. The molecule has 0 spiro atoms. The molecule has 0 amide bonds. The molecule has 0 radical (unpaired) electrons. The van der Waals surface area contributed by atoms with Gasteiger partial charge in [0, 0.05) is 17.3 Å². The quantitative estimate of drug-likeness (QED) is 0.245. The van der Waals surface area contributed by atoms with E-state index in [0.717, 1.165) is 7.87 Å². The van der Waals surface area contributed by atoms with Gasteiger partial charge in [0.1, 0.15) is 0 Å². The third kappa shape index (κ3) is 14.9. The van der Waals surface area contributed by atoms with Crippen molar-refractivity contribution < 1.29 is 20.1 Å². The molecule has 128 valence electrons. The lowest BCUT2D eigenvalue weighted by molar-refractivity contribution is -0.137. The highest BCUT2D eigenvalue weighted by Gasteiger charge is 2.11. The maximum Gasteiger partial charge on any atom is 0.303 e. The molecular formula is C16H19Br3O4. The topological polar surface area (TPSA) is 77.8 Å². The average Bonchev–Trinajstić information content (AvgIpc) is 2.44. The fourth-order valence-electron chi connectivity index (χ4n) is 1.46. The van der Waals surface area contributed by atoms with Crippen LogP contribution < -0.4 is 0 Å². The summed E-state index contributed by atoms with van der Waals surface area (Å²) in [6.45, 7) is 0. The number of aliphatic carboxylic acids is 1. The van der Waals surface area contributed by atoms with E-state index in [0.29, 0.717) is 25.7 Å². The Morgan fingerprint density at radius 2 is 1.91 bits per heavy atom. The summed E-state index contributed by atoms with van der Waals surface area (Å²) >= 11 is 9.84. The lowest BCUT2D eigenvalue weighted by Gasteiger charge is -2.12. The Hall–Kier alpha value is -0.390. The SMILES string of the molecule is O=C(O)CCCC#CC=CC(O)C(O)CCC=C(Br)C=C(Br)Br. The molecule has 4 nitrogen and oxygen atoms in total. The van der Waals surface area contributed by atoms with E-state index < -0.39 is 18.2 Å². The van der Waals surface area contributed by atoms with Crippen LogP contribution in [0.2, 0.25) is 0 Å². The van der Waals surface area contributed by atoms with Crippen LogP contribution in [0, 0.1) is 11.8 Å². The fourth-order valence-corrected chi connectivity index (χ4v) is 3.03. The summed E-state index contributed by atoms with van der Waals surface area (Å²) in [4.78, 5) is 10.3. The normalized spacial score (nSPS) is 14.0. The van der Waals surface area contributed by atoms with Gasteiger partial charge in [0.25, 0.3) is 0 Å². The summed E-state index contributed by atoms with van der Waals surface area (Å²) in [5.41, 5.74) is 0. The minimum absolute atomic E-state index is 0.101. The Labute approximate surface area is 161 Å². The third-order valence-electron chi connectivity index (χ3n) is 2.61. The van der Waals surface area contributed by atoms with E-state index in [1.54, 1.807) is 0 Å². The Kier molecular flexibility index (Phi) is 13.8. The van der Waals surface area contributed by atoms with Gasteiger partial charge in [0.2, 0.25) is 0 Å². The lowest BCUT2D eigenvalue weighted by Crippen LogP contribution is -2.23. The van der Waals surface area contributed by atoms with Gasteiger partial charge in [-0.05, 0) is 69.4 Å². The number of hydrogen-bond donors (Lipinski definition) is 3. The van der Waals surface area contributed by atoms with Crippen LogP contribution in [-0.2, 0) is 4.79 Å². The first-order valence-corrected chi connectivity index (χ1v) is 9.32. The predicted molar refractivity (Wildman–Crippen MR) is 103 cm³/mol. The molecule has 0 saturated heterocycles. The van der Waals surface area contributed by atoms with Crippen LogP contribution in [0.25, 0.3) is 0 Å². The van der Waals surface area contributed by atoms with Gasteiger partial charge in [-0.3, -0.25) is 4.79 Å². The molecule has 0 saturated carbocycles. The van der Waals surface area contributed by atoms with Crippen molar-refractivity contribution in [3.63, 3.8) is 0 Å². The standard InChI is InChI=1S/C16H19Br3O4/c17-12(11-15(18)19)7-6-9-14(21)13(20)8-4-2-1-3-5-10-16(22)23/h4,7-8,11,13-14,20-21H,3,5-6,9-10H2,(H,22,23). The van der Waals surface area contributed by atoms with Crippen LogP contribution in [0.5, 0.6) is 0 Å². The van der Waals surface area contributed by atoms with Crippen LogP contribution in [0.1, 0.15) is 32.1 Å². The third-order valence-corrected chi connectivity index (χ3v) is 3.62. The molecule has 0 aliphatic carbocycles. The van der Waals surface area contributed by atoms with E-state index in [2.05, 4.69) is 59.6 Å². The van der Waals surface area contributed by atoms with E-state index in [1.807, 2.05) is 12.2 Å². The lowest BCUT2D eigenvalue weighted by atomic mass is 10.1. The number of halogens is 3. The molecule has 0 aliphatic rings. The van der Waals surface area contributed by atoms with Crippen LogP contribution in [-0.4, -0.2) is 33.5 Å². The zero-order chi connectivity index (χ0) is 17.7. The van der Waals surface area contributed by atoms with Crippen molar-refractivity contribution in [1.29, 1.82) is 0 Å². The molecule has 3 N–H and O–H groups in total. The molecule has 0 aromatic heterocycles. The minimum Gasteiger partial charge on any atom is -0.481 e. The molecule has 2 unspecified atom stereocenters. The summed E-state index contributed by atoms with van der Waals surface area (Å²) in [6, 6.07) is 0. The summed E-state index contributed by atoms with van der Waals surface area (Å²) in [5, 5.41) is 28.0. The van der Waals surface area contributed by atoms with Crippen LogP contribution >= 0.6 is 47.8 Å². The molecular weight excluding hydrogens is 496 g/mol. The van der Waals surface area contributed by atoms with Crippen molar-refractivity contribution >= 4 is 53.8 Å². The second kappa shape index (κ2) is 14.0. The van der Waals surface area contributed by atoms with Gasteiger partial charge in [0.15, 0.2) is 0 Å². The van der Waals surface area contributed by atoms with Gasteiger partial charge in [0.05, 0.1) is 15.6 Å². The summed E-state index contributed by atoms with van der Waals surface area (Å²) in [7, 11) is 0. The van der Waals surface area contributed by atoms with Gasteiger partial charge in [-0.15, -0.1) is 0 Å². The van der Waals surface area contributed by atoms with Gasteiger partial charge in [-0.2, -0.15) is 0 Å². The molecule has 0 aromatic rings. The highest BCUT2D eigenvalue weighted by molar-refractivity contribution is 9.28. The number of allylic oxidation sites excluding steroid dienone is 4. The molecule has 0 aromatic carbocycles. The molecule has 0 heterocycles. The van der Waals surface area contributed by atoms with Gasteiger partial charge in [-0.25, -0.2) is 0 Å². The summed E-state index contributed by atoms with van der Waals surface area (Å²) in [6.07, 6.45) is 6.90. The van der Waals surface area contributed by atoms with E-state index in [1.165, 1.54) is 12.2 Å². The van der Waals surface area contributed by atoms with Gasteiger partial charge < -0.3 is 15.3 Å². The van der Waals surface area contributed by atoms with Crippen LogP contribution in [0.4, 0.5) is 0 Å². The number of aliphatic hydroxyl groups excluding tert-OH is 2. The Morgan fingerprint density at radius 3 is 2.52 bits per heavy atom. The van der Waals surface area contributed by atoms with Crippen molar-refractivity contribution in [1.82, 2.24) is 0 Å². The Morgan fingerprint density at radius 1 is 1.22 bits per heavy atom. The van der Waals surface area contributed by atoms with Gasteiger partial charge in [-0.1, -0.05) is 33.8 Å². The smallest absolute Gasteiger partial charge is 0.303 e. The number of rotatable bonds is 9. The minimum atomic E-state index is -0.978. The van der Waals surface area contributed by atoms with Crippen molar-refractivity contribution in [2.24, 2.45) is 0 Å². The number of hydrogen-bond acceptors (Lipinski definition) is 3. The summed E-state index contributed by atoms with van der Waals surface area (Å²) in [5.74, 6) is 4.66. The number of carbonyl (C=O) groups is 1. The number of carboxylic acids is 1. The molecule has 0 aliphatic heterocycles. The van der Waals surface area contributed by atoms with Crippen molar-refractivity contribution in [2.75, 3.05) is 0 Å². The Balaban J connectivity index is 4.08. The van der Waals surface area contributed by atoms with Crippen LogP contribution in [0.3, 0.4) is 0 Å². The second-order valence-electron chi connectivity index (χ2n) is 4.59. The fraction of sp³-hybridized carbons (Fsp3) is 0.438. The van der Waals surface area contributed by atoms with Crippen molar-refractivity contribution in [2.45, 2.75) is 44.3 Å². The monoisotopic (exact) mass is 512 g/mol. The predicted octanol–water partition coefficient (Wildman–Crippen LogP) is 4.21. The zero-order valence-electron chi connectivity index (χ0n) is 12.4. The molecule has 2 atom stereocenters.